The summed E-state index contributed by atoms with van der Waals surface area (Å²) in [5.41, 5.74) is 1.20. The number of imidazole rings is 1. The number of amides is 1. The molecule has 37 heavy (non-hydrogen) atoms. The normalized spacial score (nSPS) is 22.3. The molecule has 0 saturated carbocycles. The average Bonchev–Trinajstić information content (AvgIpc) is 3.50. The van der Waals surface area contributed by atoms with Crippen LogP contribution >= 0.6 is 0 Å². The highest BCUT2D eigenvalue weighted by Gasteiger charge is 2.46. The first-order valence-corrected chi connectivity index (χ1v) is 12.2. The summed E-state index contributed by atoms with van der Waals surface area (Å²) in [6, 6.07) is 2.33. The van der Waals surface area contributed by atoms with Crippen LogP contribution < -0.4 is 0 Å². The van der Waals surface area contributed by atoms with E-state index in [0.717, 1.165) is 35.4 Å². The Morgan fingerprint density at radius 1 is 1.19 bits per heavy atom. The van der Waals surface area contributed by atoms with E-state index < -0.39 is 35.4 Å². The van der Waals surface area contributed by atoms with Gasteiger partial charge in [-0.25, -0.2) is 28.2 Å². The van der Waals surface area contributed by atoms with E-state index >= 15 is 0 Å². The zero-order valence-electron chi connectivity index (χ0n) is 21.5. The molecule has 0 radical (unpaired) electrons. The second-order valence-electron chi connectivity index (χ2n) is 10.7. The minimum atomic E-state index is -1.14. The van der Waals surface area contributed by atoms with E-state index in [1.165, 1.54) is 11.2 Å². The summed E-state index contributed by atoms with van der Waals surface area (Å²) >= 11 is 0. The molecule has 3 atom stereocenters. The van der Waals surface area contributed by atoms with Gasteiger partial charge in [-0.3, -0.25) is 9.80 Å². The third-order valence-corrected chi connectivity index (χ3v) is 7.29. The summed E-state index contributed by atoms with van der Waals surface area (Å²) in [5, 5.41) is 14.3. The van der Waals surface area contributed by atoms with Crippen LogP contribution in [0.3, 0.4) is 0 Å². The first-order chi connectivity index (χ1) is 17.5. The van der Waals surface area contributed by atoms with E-state index in [0.29, 0.717) is 25.3 Å². The van der Waals surface area contributed by atoms with Crippen molar-refractivity contribution in [2.24, 2.45) is 14.1 Å². The van der Waals surface area contributed by atoms with Crippen molar-refractivity contribution in [3.63, 3.8) is 0 Å². The largest absolute Gasteiger partial charge is 0.465 e. The topological polar surface area (TPSA) is 102 Å². The Morgan fingerprint density at radius 3 is 2.57 bits per heavy atom. The van der Waals surface area contributed by atoms with Crippen molar-refractivity contribution in [1.82, 2.24) is 34.1 Å². The highest BCUT2D eigenvalue weighted by Crippen LogP contribution is 2.40. The molecule has 5 rings (SSSR count). The van der Waals surface area contributed by atoms with Crippen LogP contribution in [0.2, 0.25) is 0 Å². The molecular weight excluding hydrogens is 484 g/mol. The Labute approximate surface area is 213 Å². The van der Waals surface area contributed by atoms with Crippen molar-refractivity contribution in [1.29, 1.82) is 0 Å². The predicted octanol–water partition coefficient (Wildman–Crippen LogP) is 3.49. The number of rotatable bonds is 4. The number of aromatic nitrogens is 5. The summed E-state index contributed by atoms with van der Waals surface area (Å²) in [6.07, 6.45) is -0.188. The number of halogens is 2. The van der Waals surface area contributed by atoms with Crippen molar-refractivity contribution in [3.05, 3.63) is 53.1 Å². The lowest BCUT2D eigenvalue weighted by atomic mass is 9.88. The summed E-state index contributed by atoms with van der Waals surface area (Å²) in [6.45, 7) is 6.76. The van der Waals surface area contributed by atoms with Crippen LogP contribution in [-0.4, -0.2) is 69.5 Å². The molecule has 12 heteroatoms. The van der Waals surface area contributed by atoms with Crippen LogP contribution in [0.5, 0.6) is 0 Å². The molecule has 4 heterocycles. The Balaban J connectivity index is 1.43. The lowest BCUT2D eigenvalue weighted by Gasteiger charge is -2.48. The fourth-order valence-electron chi connectivity index (χ4n) is 5.56. The van der Waals surface area contributed by atoms with E-state index in [1.54, 1.807) is 25.5 Å². The van der Waals surface area contributed by atoms with E-state index in [1.807, 2.05) is 18.7 Å². The van der Waals surface area contributed by atoms with E-state index in [9.17, 15) is 18.7 Å². The molecular formula is C25H31F2N7O3. The van der Waals surface area contributed by atoms with Gasteiger partial charge < -0.3 is 14.4 Å². The van der Waals surface area contributed by atoms with Crippen molar-refractivity contribution < 1.29 is 23.4 Å². The molecule has 1 aromatic carbocycles. The summed E-state index contributed by atoms with van der Waals surface area (Å²) < 4.78 is 38.7. The quantitative estimate of drug-likeness (QED) is 0.568. The van der Waals surface area contributed by atoms with Gasteiger partial charge in [0.15, 0.2) is 11.6 Å². The third kappa shape index (κ3) is 4.48. The fraction of sp³-hybridized carbons (Fsp3) is 0.520. The molecule has 1 saturated heterocycles. The standard InChI is InChI=1S/C25H31F2N7O3/c1-25(2,3)34(24(35)36)19-9-15(12-37-21(19)16-8-14(26)6-7-17(16)27)33-10-18-20(11-33)31(4)23(30-18)22-28-13-29-32(22)5/h6-8,13,15,19,21H,9-12H2,1-5H3,(H,35,36)/t15-,19+,21-/m1/s1. The Morgan fingerprint density at radius 2 is 1.95 bits per heavy atom. The summed E-state index contributed by atoms with van der Waals surface area (Å²) in [5.74, 6) is 0.182. The summed E-state index contributed by atoms with van der Waals surface area (Å²) in [4.78, 5) is 25.0. The molecule has 2 aliphatic rings. The zero-order valence-corrected chi connectivity index (χ0v) is 21.5. The molecule has 0 bridgehead atoms. The average molecular weight is 516 g/mol. The van der Waals surface area contributed by atoms with E-state index in [2.05, 4.69) is 15.0 Å². The number of fused-ring (bicyclic) bond motifs is 1. The van der Waals surface area contributed by atoms with Gasteiger partial charge in [0.05, 0.1) is 24.0 Å². The van der Waals surface area contributed by atoms with Gasteiger partial charge in [-0.05, 0) is 45.4 Å². The number of ether oxygens (including phenoxy) is 1. The van der Waals surface area contributed by atoms with Gasteiger partial charge >= 0.3 is 6.09 Å². The predicted molar refractivity (Wildman–Crippen MR) is 129 cm³/mol. The van der Waals surface area contributed by atoms with Crippen molar-refractivity contribution in [2.75, 3.05) is 6.61 Å². The first kappa shape index (κ1) is 25.3. The van der Waals surface area contributed by atoms with Crippen LogP contribution in [0, 0.1) is 11.6 Å². The van der Waals surface area contributed by atoms with Gasteiger partial charge in [-0.2, -0.15) is 5.10 Å². The molecule has 2 aromatic heterocycles. The number of hydrogen-bond donors (Lipinski definition) is 1. The molecule has 198 valence electrons. The van der Waals surface area contributed by atoms with Crippen LogP contribution in [0.1, 0.15) is 50.2 Å². The second kappa shape index (κ2) is 9.18. The molecule has 2 aliphatic heterocycles. The van der Waals surface area contributed by atoms with Crippen LogP contribution in [-0.2, 0) is 31.9 Å². The number of carbonyl (C=O) groups is 1. The molecule has 1 fully saturated rings. The van der Waals surface area contributed by atoms with Gasteiger partial charge in [-0.1, -0.05) is 0 Å². The molecule has 0 unspecified atom stereocenters. The minimum absolute atomic E-state index is 0.0265. The Hall–Kier alpha value is -3.38. The molecule has 0 spiro atoms. The van der Waals surface area contributed by atoms with Crippen LogP contribution in [0.25, 0.3) is 11.6 Å². The monoisotopic (exact) mass is 515 g/mol. The highest BCUT2D eigenvalue weighted by atomic mass is 19.1. The number of carboxylic acid groups (broad SMARTS) is 1. The first-order valence-electron chi connectivity index (χ1n) is 12.2. The van der Waals surface area contributed by atoms with Gasteiger partial charge in [-0.15, -0.1) is 0 Å². The SMILES string of the molecule is Cn1ncnc1-c1nc2c(n1C)CN([C@H]1CO[C@H](c3cc(F)ccc3F)[C@@H](N(C(=O)O)C(C)(C)C)C1)C2. The van der Waals surface area contributed by atoms with Crippen LogP contribution in [0.15, 0.2) is 24.5 Å². The Kier molecular flexibility index (Phi) is 6.27. The second-order valence-corrected chi connectivity index (χ2v) is 10.7. The maximum atomic E-state index is 14.8. The maximum Gasteiger partial charge on any atom is 0.408 e. The molecule has 10 nitrogen and oxygen atoms in total. The maximum absolute atomic E-state index is 14.8. The van der Waals surface area contributed by atoms with E-state index in [-0.39, 0.29) is 18.2 Å². The van der Waals surface area contributed by atoms with Gasteiger partial charge in [0.1, 0.15) is 24.1 Å². The molecule has 1 amide bonds. The molecule has 3 aromatic rings. The number of hydrogen-bond acceptors (Lipinski definition) is 6. The van der Waals surface area contributed by atoms with Gasteiger partial charge in [0.25, 0.3) is 0 Å². The fourth-order valence-corrected chi connectivity index (χ4v) is 5.56. The number of aryl methyl sites for hydroxylation is 1. The third-order valence-electron chi connectivity index (χ3n) is 7.29. The highest BCUT2D eigenvalue weighted by molar-refractivity contribution is 5.66. The lowest BCUT2D eigenvalue weighted by molar-refractivity contribution is -0.103. The van der Waals surface area contributed by atoms with Crippen molar-refractivity contribution in [2.45, 2.75) is 64.0 Å². The van der Waals surface area contributed by atoms with Crippen molar-refractivity contribution >= 4 is 6.09 Å². The van der Waals surface area contributed by atoms with Crippen molar-refractivity contribution in [3.8, 4) is 11.6 Å². The Bertz CT molecular complexity index is 1330. The molecule has 0 aliphatic carbocycles. The lowest BCUT2D eigenvalue weighted by Crippen LogP contribution is -2.58. The zero-order chi connectivity index (χ0) is 26.6. The summed E-state index contributed by atoms with van der Waals surface area (Å²) in [7, 11) is 3.75. The van der Waals surface area contributed by atoms with Gasteiger partial charge in [0, 0.05) is 44.3 Å². The van der Waals surface area contributed by atoms with E-state index in [4.69, 9.17) is 9.72 Å². The smallest absolute Gasteiger partial charge is 0.408 e. The number of nitrogens with zero attached hydrogens (tertiary/aromatic N) is 7. The molecule has 1 N–H and O–H groups in total. The van der Waals surface area contributed by atoms with Gasteiger partial charge in [0.2, 0.25) is 0 Å². The minimum Gasteiger partial charge on any atom is -0.465 e. The number of benzene rings is 1. The van der Waals surface area contributed by atoms with Crippen LogP contribution in [0.4, 0.5) is 13.6 Å².